The largest absolute Gasteiger partial charge is 0.388 e. The molecule has 104 valence electrons. The van der Waals surface area contributed by atoms with Crippen LogP contribution in [0.4, 0.5) is 0 Å². The number of nitrogens with one attached hydrogen (secondary N) is 1. The molecule has 0 bridgehead atoms. The summed E-state index contributed by atoms with van der Waals surface area (Å²) in [6.07, 6.45) is 6.62. The lowest BCUT2D eigenvalue weighted by atomic mass is 9.70. The van der Waals surface area contributed by atoms with Crippen molar-refractivity contribution < 1.29 is 5.11 Å². The quantitative estimate of drug-likeness (QED) is 0.855. The number of rotatable bonds is 2. The van der Waals surface area contributed by atoms with Gasteiger partial charge in [-0.3, -0.25) is 0 Å². The molecule has 0 spiro atoms. The predicted octanol–water partition coefficient (Wildman–Crippen LogP) is 3.20. The molecule has 1 aliphatic heterocycles. The molecule has 1 aromatic rings. The molecule has 1 aliphatic carbocycles. The van der Waals surface area contributed by atoms with Gasteiger partial charge >= 0.3 is 0 Å². The van der Waals surface area contributed by atoms with Crippen LogP contribution in [-0.2, 0) is 6.42 Å². The summed E-state index contributed by atoms with van der Waals surface area (Å²) in [5.74, 6) is 0.689. The second-order valence-electron chi connectivity index (χ2n) is 6.31. The van der Waals surface area contributed by atoms with Crippen LogP contribution in [-0.4, -0.2) is 17.3 Å². The molecule has 3 atom stereocenters. The van der Waals surface area contributed by atoms with E-state index in [9.17, 15) is 5.11 Å². The summed E-state index contributed by atoms with van der Waals surface area (Å²) < 4.78 is 0. The van der Waals surface area contributed by atoms with Crippen molar-refractivity contribution in [1.29, 1.82) is 0 Å². The van der Waals surface area contributed by atoms with Gasteiger partial charge in [0.25, 0.3) is 0 Å². The molecule has 1 heterocycles. The van der Waals surface area contributed by atoms with Crippen molar-refractivity contribution >= 4 is 0 Å². The van der Waals surface area contributed by atoms with Gasteiger partial charge in [0.1, 0.15) is 0 Å². The van der Waals surface area contributed by atoms with Crippen molar-refractivity contribution in [2.75, 3.05) is 6.54 Å². The van der Waals surface area contributed by atoms with Crippen molar-refractivity contribution in [3.63, 3.8) is 0 Å². The third kappa shape index (κ3) is 2.44. The Morgan fingerprint density at radius 2 is 2.21 bits per heavy atom. The molecule has 1 fully saturated rings. The van der Waals surface area contributed by atoms with Crippen LogP contribution in [0, 0.1) is 5.92 Å². The number of fused-ring (bicyclic) bond motifs is 1. The maximum absolute atomic E-state index is 11.2. The maximum atomic E-state index is 11.2. The molecule has 2 nitrogen and oxygen atoms in total. The van der Waals surface area contributed by atoms with E-state index in [1.165, 1.54) is 24.0 Å². The molecule has 2 aliphatic rings. The number of benzene rings is 1. The van der Waals surface area contributed by atoms with E-state index < -0.39 is 5.60 Å². The van der Waals surface area contributed by atoms with Crippen LogP contribution in [0.5, 0.6) is 0 Å². The molecule has 0 radical (unpaired) electrons. The summed E-state index contributed by atoms with van der Waals surface area (Å²) >= 11 is 0. The Balaban J connectivity index is 1.89. The van der Waals surface area contributed by atoms with Crippen molar-refractivity contribution in [2.45, 2.75) is 57.1 Å². The third-order valence-corrected chi connectivity index (χ3v) is 5.09. The Labute approximate surface area is 116 Å². The highest BCUT2D eigenvalue weighted by atomic mass is 16.3. The fourth-order valence-electron chi connectivity index (χ4n) is 4.00. The average Bonchev–Trinajstić information content (AvgIpc) is 2.46. The summed E-state index contributed by atoms with van der Waals surface area (Å²) in [7, 11) is 0. The molecular formula is C17H25NO. The zero-order chi connectivity index (χ0) is 13.3. The Morgan fingerprint density at radius 3 is 3.05 bits per heavy atom. The Bertz CT molecular complexity index is 445. The highest BCUT2D eigenvalue weighted by Gasteiger charge is 2.42. The zero-order valence-corrected chi connectivity index (χ0v) is 11.9. The van der Waals surface area contributed by atoms with Gasteiger partial charge in [-0.2, -0.15) is 0 Å². The van der Waals surface area contributed by atoms with Crippen LogP contribution in [0.2, 0.25) is 0 Å². The molecule has 0 amide bonds. The van der Waals surface area contributed by atoms with E-state index in [2.05, 4.69) is 36.5 Å². The van der Waals surface area contributed by atoms with E-state index >= 15 is 0 Å². The van der Waals surface area contributed by atoms with Crippen molar-refractivity contribution in [3.8, 4) is 0 Å². The minimum absolute atomic E-state index is 0.131. The van der Waals surface area contributed by atoms with Crippen LogP contribution < -0.4 is 5.32 Å². The van der Waals surface area contributed by atoms with Crippen molar-refractivity contribution in [2.24, 2.45) is 5.92 Å². The lowest BCUT2D eigenvalue weighted by Gasteiger charge is -2.45. The molecule has 1 saturated carbocycles. The first-order valence-corrected chi connectivity index (χ1v) is 7.76. The second kappa shape index (κ2) is 5.26. The summed E-state index contributed by atoms with van der Waals surface area (Å²) in [4.78, 5) is 0. The highest BCUT2D eigenvalue weighted by molar-refractivity contribution is 5.34. The SMILES string of the molecule is CCC1CCCC(O)(C2NCCc3ccccc32)C1. The molecule has 0 saturated heterocycles. The fraction of sp³-hybridized carbons (Fsp3) is 0.647. The van der Waals surface area contributed by atoms with Gasteiger partial charge in [0.15, 0.2) is 0 Å². The van der Waals surface area contributed by atoms with Gasteiger partial charge in [0, 0.05) is 0 Å². The van der Waals surface area contributed by atoms with Crippen molar-refractivity contribution in [1.82, 2.24) is 5.32 Å². The van der Waals surface area contributed by atoms with Crippen LogP contribution >= 0.6 is 0 Å². The van der Waals surface area contributed by atoms with Crippen LogP contribution in [0.25, 0.3) is 0 Å². The normalized spacial score (nSPS) is 34.8. The second-order valence-corrected chi connectivity index (χ2v) is 6.31. The van der Waals surface area contributed by atoms with E-state index in [1.54, 1.807) is 0 Å². The average molecular weight is 259 g/mol. The van der Waals surface area contributed by atoms with E-state index in [1.807, 2.05) is 0 Å². The van der Waals surface area contributed by atoms with Gasteiger partial charge in [-0.05, 0) is 42.9 Å². The monoisotopic (exact) mass is 259 g/mol. The van der Waals surface area contributed by atoms with E-state index in [-0.39, 0.29) is 6.04 Å². The maximum Gasteiger partial charge on any atom is 0.0844 e. The Hall–Kier alpha value is -0.860. The first-order chi connectivity index (χ1) is 9.23. The lowest BCUT2D eigenvalue weighted by molar-refractivity contribution is -0.0507. The highest BCUT2D eigenvalue weighted by Crippen LogP contribution is 2.43. The molecule has 19 heavy (non-hydrogen) atoms. The van der Waals surface area contributed by atoms with Crippen molar-refractivity contribution in [3.05, 3.63) is 35.4 Å². The standard InChI is InChI=1S/C17H25NO/c1-2-13-6-5-10-17(19,12-13)16-15-8-4-3-7-14(15)9-11-18-16/h3-4,7-8,13,16,18-19H,2,5-6,9-12H2,1H3. The molecule has 2 heteroatoms. The summed E-state index contributed by atoms with van der Waals surface area (Å²) in [6, 6.07) is 8.75. The van der Waals surface area contributed by atoms with Gasteiger partial charge in [-0.1, -0.05) is 50.5 Å². The summed E-state index contributed by atoms with van der Waals surface area (Å²) in [6.45, 7) is 3.24. The first-order valence-electron chi connectivity index (χ1n) is 7.76. The topological polar surface area (TPSA) is 32.3 Å². The lowest BCUT2D eigenvalue weighted by Crippen LogP contribution is -2.49. The Morgan fingerprint density at radius 1 is 1.37 bits per heavy atom. The number of hydrogen-bond acceptors (Lipinski definition) is 2. The molecule has 2 N–H and O–H groups in total. The van der Waals surface area contributed by atoms with E-state index in [0.29, 0.717) is 5.92 Å². The number of hydrogen-bond donors (Lipinski definition) is 2. The summed E-state index contributed by atoms with van der Waals surface area (Å²) in [5.41, 5.74) is 2.20. The first kappa shape index (κ1) is 13.1. The predicted molar refractivity (Wildman–Crippen MR) is 78.1 cm³/mol. The van der Waals surface area contributed by atoms with E-state index in [4.69, 9.17) is 0 Å². The van der Waals surface area contributed by atoms with Crippen LogP contribution in [0.1, 0.15) is 56.2 Å². The molecule has 3 unspecified atom stereocenters. The molecule has 3 rings (SSSR count). The van der Waals surface area contributed by atoms with Gasteiger partial charge in [0.05, 0.1) is 11.6 Å². The molecular weight excluding hydrogens is 234 g/mol. The minimum Gasteiger partial charge on any atom is -0.388 e. The number of aliphatic hydroxyl groups is 1. The van der Waals surface area contributed by atoms with Gasteiger partial charge in [-0.15, -0.1) is 0 Å². The van der Waals surface area contributed by atoms with E-state index in [0.717, 1.165) is 32.2 Å². The Kier molecular flexibility index (Phi) is 3.64. The molecule has 0 aromatic heterocycles. The van der Waals surface area contributed by atoms with Gasteiger partial charge in [0.2, 0.25) is 0 Å². The zero-order valence-electron chi connectivity index (χ0n) is 11.9. The van der Waals surface area contributed by atoms with Crippen LogP contribution in [0.15, 0.2) is 24.3 Å². The smallest absolute Gasteiger partial charge is 0.0844 e. The van der Waals surface area contributed by atoms with Gasteiger partial charge in [-0.25, -0.2) is 0 Å². The van der Waals surface area contributed by atoms with Crippen LogP contribution in [0.3, 0.4) is 0 Å². The third-order valence-electron chi connectivity index (χ3n) is 5.09. The fourth-order valence-corrected chi connectivity index (χ4v) is 4.00. The summed E-state index contributed by atoms with van der Waals surface area (Å²) in [5, 5.41) is 14.8. The minimum atomic E-state index is -0.546. The molecule has 1 aromatic carbocycles. The van der Waals surface area contributed by atoms with Gasteiger partial charge < -0.3 is 10.4 Å².